The maximum atomic E-state index is 10.7. The predicted octanol–water partition coefficient (Wildman–Crippen LogP) is 1.21. The zero-order valence-corrected chi connectivity index (χ0v) is 8.03. The van der Waals surface area contributed by atoms with Gasteiger partial charge in [0.05, 0.1) is 20.1 Å². The molecule has 0 aliphatic heterocycles. The van der Waals surface area contributed by atoms with E-state index in [0.717, 1.165) is 0 Å². The molecule has 0 aliphatic rings. The highest BCUT2D eigenvalue weighted by Gasteiger charge is 2.00. The number of methoxy groups -OCH3 is 1. The minimum absolute atomic E-state index is 0.251. The lowest BCUT2D eigenvalue weighted by atomic mass is 10.3. The highest BCUT2D eigenvalue weighted by atomic mass is 16.5. The first-order chi connectivity index (χ1) is 6.72. The molecular formula is C10H13NO3. The third-order valence-corrected chi connectivity index (χ3v) is 1.68. The summed E-state index contributed by atoms with van der Waals surface area (Å²) in [4.78, 5) is 10.7. The van der Waals surface area contributed by atoms with Crippen LogP contribution in [0.1, 0.15) is 6.42 Å². The van der Waals surface area contributed by atoms with E-state index in [1.54, 1.807) is 24.3 Å². The maximum Gasteiger partial charge on any atom is 0.308 e. The second kappa shape index (κ2) is 5.11. The van der Waals surface area contributed by atoms with Crippen LogP contribution in [0, 0.1) is 0 Å². The molecule has 0 saturated heterocycles. The molecule has 0 amide bonds. The molecule has 0 aromatic heterocycles. The van der Waals surface area contributed by atoms with Crippen molar-refractivity contribution in [2.75, 3.05) is 19.5 Å². The molecule has 0 spiro atoms. The molecule has 0 unspecified atom stereocenters. The lowest BCUT2D eigenvalue weighted by molar-refractivity contribution is -0.141. The van der Waals surface area contributed by atoms with Gasteiger partial charge in [0.15, 0.2) is 0 Å². The third-order valence-electron chi connectivity index (χ3n) is 1.68. The van der Waals surface area contributed by atoms with Crippen LogP contribution in [0.15, 0.2) is 24.3 Å². The Bertz CT molecular complexity index is 295. The van der Waals surface area contributed by atoms with Crippen molar-refractivity contribution < 1.29 is 14.3 Å². The number of rotatable bonds is 4. The van der Waals surface area contributed by atoms with Crippen LogP contribution in [0.2, 0.25) is 0 Å². The van der Waals surface area contributed by atoms with Crippen molar-refractivity contribution in [3.8, 4) is 5.75 Å². The highest BCUT2D eigenvalue weighted by molar-refractivity contribution is 5.69. The van der Waals surface area contributed by atoms with Gasteiger partial charge in [0.1, 0.15) is 5.75 Å². The van der Waals surface area contributed by atoms with Crippen molar-refractivity contribution in [3.05, 3.63) is 24.3 Å². The third kappa shape index (κ3) is 3.35. The molecule has 0 radical (unpaired) electrons. The predicted molar refractivity (Wildman–Crippen MR) is 53.0 cm³/mol. The van der Waals surface area contributed by atoms with Crippen molar-refractivity contribution >= 4 is 11.7 Å². The summed E-state index contributed by atoms with van der Waals surface area (Å²) in [6.07, 6.45) is 0.251. The minimum Gasteiger partial charge on any atom is -0.493 e. The van der Waals surface area contributed by atoms with Gasteiger partial charge in [0.25, 0.3) is 0 Å². The molecule has 2 N–H and O–H groups in total. The van der Waals surface area contributed by atoms with Crippen LogP contribution in [0.5, 0.6) is 5.75 Å². The molecule has 1 aromatic rings. The molecule has 4 nitrogen and oxygen atoms in total. The first-order valence-corrected chi connectivity index (χ1v) is 4.27. The SMILES string of the molecule is COC(=O)CCOc1ccc(N)cc1. The van der Waals surface area contributed by atoms with Crippen molar-refractivity contribution in [1.82, 2.24) is 0 Å². The standard InChI is InChI=1S/C10H13NO3/c1-13-10(12)6-7-14-9-4-2-8(11)3-5-9/h2-5H,6-7,11H2,1H3. The van der Waals surface area contributed by atoms with Gasteiger partial charge in [-0.05, 0) is 24.3 Å². The maximum absolute atomic E-state index is 10.7. The van der Waals surface area contributed by atoms with Gasteiger partial charge in [0.2, 0.25) is 0 Å². The van der Waals surface area contributed by atoms with E-state index in [-0.39, 0.29) is 12.4 Å². The fourth-order valence-corrected chi connectivity index (χ4v) is 0.918. The summed E-state index contributed by atoms with van der Waals surface area (Å²) in [5.74, 6) is 0.420. The van der Waals surface area contributed by atoms with Crippen LogP contribution in [-0.2, 0) is 9.53 Å². The molecule has 0 atom stereocenters. The molecular weight excluding hydrogens is 182 g/mol. The van der Waals surface area contributed by atoms with Gasteiger partial charge in [-0.2, -0.15) is 0 Å². The van der Waals surface area contributed by atoms with E-state index >= 15 is 0 Å². The Morgan fingerprint density at radius 3 is 2.57 bits per heavy atom. The molecule has 14 heavy (non-hydrogen) atoms. The summed E-state index contributed by atoms with van der Waals surface area (Å²) in [5.41, 5.74) is 6.18. The Balaban J connectivity index is 2.31. The number of nitrogen functional groups attached to an aromatic ring is 1. The number of carbonyl (C=O) groups excluding carboxylic acids is 1. The van der Waals surface area contributed by atoms with Crippen LogP contribution in [0.25, 0.3) is 0 Å². The number of ether oxygens (including phenoxy) is 2. The van der Waals surface area contributed by atoms with Gasteiger partial charge in [0, 0.05) is 5.69 Å². The molecule has 4 heteroatoms. The van der Waals surface area contributed by atoms with Crippen molar-refractivity contribution in [2.45, 2.75) is 6.42 Å². The van der Waals surface area contributed by atoms with Crippen molar-refractivity contribution in [3.63, 3.8) is 0 Å². The number of nitrogens with two attached hydrogens (primary N) is 1. The number of esters is 1. The van der Waals surface area contributed by atoms with Crippen LogP contribution in [-0.4, -0.2) is 19.7 Å². The fraction of sp³-hybridized carbons (Fsp3) is 0.300. The molecule has 1 rings (SSSR count). The van der Waals surface area contributed by atoms with E-state index < -0.39 is 0 Å². The van der Waals surface area contributed by atoms with E-state index in [0.29, 0.717) is 18.0 Å². The highest BCUT2D eigenvalue weighted by Crippen LogP contribution is 2.13. The lowest BCUT2D eigenvalue weighted by Crippen LogP contribution is -2.07. The van der Waals surface area contributed by atoms with Gasteiger partial charge < -0.3 is 15.2 Å². The molecule has 1 aromatic carbocycles. The zero-order chi connectivity index (χ0) is 10.4. The Kier molecular flexibility index (Phi) is 3.79. The minimum atomic E-state index is -0.277. The average molecular weight is 195 g/mol. The normalized spacial score (nSPS) is 9.50. The van der Waals surface area contributed by atoms with Crippen LogP contribution in [0.4, 0.5) is 5.69 Å². The summed E-state index contributed by atoms with van der Waals surface area (Å²) in [6, 6.07) is 7.00. The number of carbonyl (C=O) groups is 1. The number of anilines is 1. The zero-order valence-electron chi connectivity index (χ0n) is 8.03. The monoisotopic (exact) mass is 195 g/mol. The van der Waals surface area contributed by atoms with Gasteiger partial charge in [-0.3, -0.25) is 4.79 Å². The Hall–Kier alpha value is -1.71. The van der Waals surface area contributed by atoms with Gasteiger partial charge in [-0.1, -0.05) is 0 Å². The van der Waals surface area contributed by atoms with Gasteiger partial charge in [-0.15, -0.1) is 0 Å². The largest absolute Gasteiger partial charge is 0.493 e. The lowest BCUT2D eigenvalue weighted by Gasteiger charge is -2.04. The van der Waals surface area contributed by atoms with E-state index in [1.807, 2.05) is 0 Å². The first kappa shape index (κ1) is 10.4. The molecule has 0 bridgehead atoms. The van der Waals surface area contributed by atoms with Crippen LogP contribution < -0.4 is 10.5 Å². The fourth-order valence-electron chi connectivity index (χ4n) is 0.918. The second-order valence-corrected chi connectivity index (χ2v) is 2.74. The topological polar surface area (TPSA) is 61.5 Å². The average Bonchev–Trinajstić information content (AvgIpc) is 2.21. The quantitative estimate of drug-likeness (QED) is 0.579. The Morgan fingerprint density at radius 2 is 2.00 bits per heavy atom. The van der Waals surface area contributed by atoms with E-state index in [1.165, 1.54) is 7.11 Å². The van der Waals surface area contributed by atoms with E-state index in [9.17, 15) is 4.79 Å². The summed E-state index contributed by atoms with van der Waals surface area (Å²) < 4.78 is 9.75. The summed E-state index contributed by atoms with van der Waals surface area (Å²) in [7, 11) is 1.35. The summed E-state index contributed by atoms with van der Waals surface area (Å²) in [5, 5.41) is 0. The van der Waals surface area contributed by atoms with Gasteiger partial charge >= 0.3 is 5.97 Å². The smallest absolute Gasteiger partial charge is 0.308 e. The Labute approximate surface area is 82.6 Å². The molecule has 0 heterocycles. The number of hydrogen-bond acceptors (Lipinski definition) is 4. The summed E-state index contributed by atoms with van der Waals surface area (Å²) in [6.45, 7) is 0.316. The molecule has 0 aliphatic carbocycles. The summed E-state index contributed by atoms with van der Waals surface area (Å²) >= 11 is 0. The number of hydrogen-bond donors (Lipinski definition) is 1. The van der Waals surface area contributed by atoms with Gasteiger partial charge in [-0.25, -0.2) is 0 Å². The first-order valence-electron chi connectivity index (χ1n) is 4.27. The van der Waals surface area contributed by atoms with Crippen LogP contribution in [0.3, 0.4) is 0 Å². The van der Waals surface area contributed by atoms with Crippen molar-refractivity contribution in [2.24, 2.45) is 0 Å². The second-order valence-electron chi connectivity index (χ2n) is 2.74. The molecule has 76 valence electrons. The van der Waals surface area contributed by atoms with Crippen LogP contribution >= 0.6 is 0 Å². The van der Waals surface area contributed by atoms with E-state index in [2.05, 4.69) is 4.74 Å². The van der Waals surface area contributed by atoms with Crippen molar-refractivity contribution in [1.29, 1.82) is 0 Å². The van der Waals surface area contributed by atoms with E-state index in [4.69, 9.17) is 10.5 Å². The molecule has 0 saturated carbocycles. The Morgan fingerprint density at radius 1 is 1.36 bits per heavy atom. The number of benzene rings is 1. The molecule has 0 fully saturated rings.